The second-order valence-electron chi connectivity index (χ2n) is 9.28. The highest BCUT2D eigenvalue weighted by molar-refractivity contribution is 7.75. The molecule has 190 valence electrons. The third-order valence-corrected chi connectivity index (χ3v) is 11.8. The largest absolute Gasteiger partial charge is 0.454 e. The Bertz CT molecular complexity index is 1690. The average Bonchev–Trinajstić information content (AvgIpc) is 3.83. The summed E-state index contributed by atoms with van der Waals surface area (Å²) < 4.78 is 24.4. The fourth-order valence-electron chi connectivity index (χ4n) is 5.40. The van der Waals surface area contributed by atoms with E-state index in [-0.39, 0.29) is 13.6 Å². The lowest BCUT2D eigenvalue weighted by Crippen LogP contribution is -2.15. The third-order valence-electron chi connectivity index (χ3n) is 7.06. The number of fused-ring (bicyclic) bond motifs is 2. The van der Waals surface area contributed by atoms with Crippen LogP contribution in [0, 0.1) is 0 Å². The van der Waals surface area contributed by atoms with Crippen molar-refractivity contribution in [1.29, 1.82) is 0 Å². The van der Waals surface area contributed by atoms with Gasteiger partial charge in [0.2, 0.25) is 13.6 Å². The zero-order valence-corrected chi connectivity index (χ0v) is 23.0. The molecule has 2 heterocycles. The van der Waals surface area contributed by atoms with Gasteiger partial charge in [-0.05, 0) is 83.5 Å². The molecule has 6 heteroatoms. The van der Waals surface area contributed by atoms with Crippen LogP contribution < -0.4 is 29.6 Å². The van der Waals surface area contributed by atoms with Gasteiger partial charge in [-0.2, -0.15) is 0 Å². The first-order valence-electron chi connectivity index (χ1n) is 12.9. The minimum atomic E-state index is -1.00. The Morgan fingerprint density at radius 2 is 0.850 bits per heavy atom. The maximum absolute atomic E-state index is 6.25. The van der Waals surface area contributed by atoms with Crippen LogP contribution in [0.3, 0.4) is 0 Å². The first-order chi connectivity index (χ1) is 19.9. The second-order valence-corrected chi connectivity index (χ2v) is 13.5. The molecule has 0 amide bonds. The molecule has 0 N–H and O–H groups in total. The Balaban J connectivity index is 1.46. The summed E-state index contributed by atoms with van der Waals surface area (Å²) in [6.45, 7) is 0.330. The van der Waals surface area contributed by atoms with Crippen LogP contribution in [-0.4, -0.2) is 13.6 Å². The summed E-state index contributed by atoms with van der Waals surface area (Å²) in [7, 11) is -2.01. The van der Waals surface area contributed by atoms with Gasteiger partial charge in [0.15, 0.2) is 23.0 Å². The molecule has 0 radical (unpaired) electrons. The molecule has 0 saturated heterocycles. The van der Waals surface area contributed by atoms with E-state index in [1.807, 2.05) is 60.7 Å². The highest BCUT2D eigenvalue weighted by Gasteiger charge is 2.36. The summed E-state index contributed by atoms with van der Waals surface area (Å²) in [6, 6.07) is 8.37. The first-order valence-corrected chi connectivity index (χ1v) is 15.5. The van der Waals surface area contributed by atoms with E-state index in [0.717, 1.165) is 66.0 Å². The second kappa shape index (κ2) is 9.62. The molecule has 6 aliphatic rings. The van der Waals surface area contributed by atoms with Crippen LogP contribution in [0.25, 0.3) is 11.1 Å². The number of hydrogen-bond acceptors (Lipinski definition) is 4. The van der Waals surface area contributed by atoms with E-state index in [4.69, 9.17) is 18.9 Å². The molecule has 2 aliphatic heterocycles. The highest BCUT2D eigenvalue weighted by atomic mass is 31.1. The third kappa shape index (κ3) is 3.73. The van der Waals surface area contributed by atoms with E-state index < -0.39 is 15.8 Å². The highest BCUT2D eigenvalue weighted by Crippen LogP contribution is 2.61. The molecule has 4 aliphatic carbocycles. The predicted octanol–water partition coefficient (Wildman–Crippen LogP) is 7.46. The van der Waals surface area contributed by atoms with Gasteiger partial charge in [-0.1, -0.05) is 24.3 Å². The normalized spacial score (nSPS) is 17.8. The topological polar surface area (TPSA) is 36.9 Å². The molecule has 0 unspecified atom stereocenters. The van der Waals surface area contributed by atoms with Gasteiger partial charge in [0.05, 0.1) is 0 Å². The number of hydrogen-bond donors (Lipinski definition) is 0. The number of rotatable bonds is 7. The van der Waals surface area contributed by atoms with Crippen molar-refractivity contribution in [2.45, 2.75) is 0 Å². The van der Waals surface area contributed by atoms with E-state index in [1.54, 1.807) is 0 Å². The smallest absolute Gasteiger partial charge is 0.231 e. The van der Waals surface area contributed by atoms with Gasteiger partial charge in [0.25, 0.3) is 0 Å². The van der Waals surface area contributed by atoms with Crippen molar-refractivity contribution in [3.05, 3.63) is 141 Å². The van der Waals surface area contributed by atoms with Crippen LogP contribution in [0.5, 0.6) is 23.0 Å². The molecule has 0 bridgehead atoms. The quantitative estimate of drug-likeness (QED) is 0.263. The van der Waals surface area contributed by atoms with E-state index in [1.165, 1.54) is 0 Å². The molecule has 2 aromatic carbocycles. The van der Waals surface area contributed by atoms with Crippen molar-refractivity contribution in [3.8, 4) is 34.1 Å². The van der Waals surface area contributed by atoms with Gasteiger partial charge in [0.1, 0.15) is 0 Å². The Morgan fingerprint density at radius 3 is 1.18 bits per heavy atom. The zero-order chi connectivity index (χ0) is 26.5. The van der Waals surface area contributed by atoms with Gasteiger partial charge < -0.3 is 18.9 Å². The van der Waals surface area contributed by atoms with Crippen molar-refractivity contribution in [3.63, 3.8) is 0 Å². The lowest BCUT2D eigenvalue weighted by Gasteiger charge is -2.26. The van der Waals surface area contributed by atoms with Crippen molar-refractivity contribution >= 4 is 26.5 Å². The zero-order valence-electron chi connectivity index (χ0n) is 21.2. The van der Waals surface area contributed by atoms with Crippen LogP contribution in [0.4, 0.5) is 0 Å². The molecule has 0 saturated carbocycles. The van der Waals surface area contributed by atoms with Gasteiger partial charge in [-0.25, -0.2) is 0 Å². The van der Waals surface area contributed by atoms with Gasteiger partial charge in [-0.15, -0.1) is 22.9 Å². The summed E-state index contributed by atoms with van der Waals surface area (Å²) in [5.41, 5.74) is 15.9. The maximum atomic E-state index is 6.25. The molecule has 40 heavy (non-hydrogen) atoms. The van der Waals surface area contributed by atoms with Crippen LogP contribution >= 0.6 is 15.8 Å². The molecule has 8 rings (SSSR count). The van der Waals surface area contributed by atoms with E-state index in [0.29, 0.717) is 0 Å². The minimum Gasteiger partial charge on any atom is -0.454 e. The molecule has 0 aromatic heterocycles. The molecule has 0 atom stereocenters. The van der Waals surface area contributed by atoms with E-state index >= 15 is 0 Å². The summed E-state index contributed by atoms with van der Waals surface area (Å²) in [6.07, 6.45) is 24.6. The van der Waals surface area contributed by atoms with Crippen molar-refractivity contribution in [2.75, 3.05) is 13.6 Å². The van der Waals surface area contributed by atoms with Crippen LogP contribution in [0.1, 0.15) is 0 Å². The maximum Gasteiger partial charge on any atom is 0.231 e. The summed E-state index contributed by atoms with van der Waals surface area (Å²) in [5, 5.41) is 6.75. The monoisotopic (exact) mass is 554 g/mol. The molecule has 0 spiro atoms. The lowest BCUT2D eigenvalue weighted by atomic mass is 10.0. The fraction of sp³-hybridized carbons (Fsp3) is 0.0588. The fourth-order valence-corrected chi connectivity index (χ4v) is 10.0. The summed E-state index contributed by atoms with van der Waals surface area (Å²) >= 11 is 0. The molecule has 4 nitrogen and oxygen atoms in total. The molecule has 0 fully saturated rings. The first kappa shape index (κ1) is 23.4. The van der Waals surface area contributed by atoms with Crippen LogP contribution in [0.2, 0.25) is 0 Å². The van der Waals surface area contributed by atoms with Crippen LogP contribution in [-0.2, 0) is 0 Å². The molecular formula is C34H20O4P2. The van der Waals surface area contributed by atoms with Crippen LogP contribution in [0.15, 0.2) is 141 Å². The van der Waals surface area contributed by atoms with Crippen molar-refractivity contribution in [1.82, 2.24) is 0 Å². The lowest BCUT2D eigenvalue weighted by molar-refractivity contribution is 0.173. The Hall–Kier alpha value is -4.46. The standard InChI is InChI=1S/C34H20O4P2/c1-2-10-23(9-1)39(24-11-3-4-12-24)29-19-17-27-33(37-21-35-27)31(29)32-30(20-18-28-34(32)38-22-36-28)40(25-13-5-6-14-25)26-15-7-8-16-26/h1-9,11,13,15,17-20H,21-22H2. The summed E-state index contributed by atoms with van der Waals surface area (Å²) in [4.78, 5) is 0. The van der Waals surface area contributed by atoms with Gasteiger partial charge >= 0.3 is 0 Å². The van der Waals surface area contributed by atoms with Crippen molar-refractivity contribution in [2.24, 2.45) is 0 Å². The number of allylic oxidation sites excluding steroid dienone is 12. The predicted molar refractivity (Wildman–Crippen MR) is 160 cm³/mol. The minimum absolute atomic E-state index is 0.165. The summed E-state index contributed by atoms with van der Waals surface area (Å²) in [5.74, 6) is 2.89. The SMILES string of the molecule is C1=CC=CC=1P(C1=C=CC=C1)c1ccc2c(c1-c1c(P(C3=C=CC=C3)C3=C=CC=C3)ccc3c1OCO3)OCO2. The Labute approximate surface area is 234 Å². The molecule has 2 aromatic rings. The Kier molecular flexibility index (Phi) is 5.64. The van der Waals surface area contributed by atoms with E-state index in [2.05, 4.69) is 59.4 Å². The van der Waals surface area contributed by atoms with E-state index in [9.17, 15) is 0 Å². The van der Waals surface area contributed by atoms with Crippen molar-refractivity contribution < 1.29 is 18.9 Å². The van der Waals surface area contributed by atoms with Gasteiger partial charge in [0, 0.05) is 48.2 Å². The number of benzene rings is 2. The average molecular weight is 554 g/mol. The van der Waals surface area contributed by atoms with Gasteiger partial charge in [-0.3, -0.25) is 0 Å². The Morgan fingerprint density at radius 1 is 0.475 bits per heavy atom. The number of ether oxygens (including phenoxy) is 4. The molecular weight excluding hydrogens is 534 g/mol.